The normalized spacial score (nSPS) is 10.8. The molecule has 0 aliphatic carbocycles. The Morgan fingerprint density at radius 3 is 2.56 bits per heavy atom. The van der Waals surface area contributed by atoms with Gasteiger partial charge in [0.1, 0.15) is 5.69 Å². The van der Waals surface area contributed by atoms with Crippen LogP contribution in [0.2, 0.25) is 0 Å². The molecular formula is C12H23N3O. The van der Waals surface area contributed by atoms with Crippen LogP contribution in [0, 0.1) is 13.8 Å². The molecule has 1 heterocycles. The van der Waals surface area contributed by atoms with Crippen LogP contribution in [0.3, 0.4) is 0 Å². The van der Waals surface area contributed by atoms with E-state index < -0.39 is 0 Å². The molecule has 0 saturated heterocycles. The SMILES string of the molecule is CNCCCCCOc1c(C)nn(C)c1C. The fourth-order valence-corrected chi connectivity index (χ4v) is 1.72. The van der Waals surface area contributed by atoms with Gasteiger partial charge in [0.25, 0.3) is 0 Å². The Morgan fingerprint density at radius 1 is 1.25 bits per heavy atom. The molecule has 1 aromatic heterocycles. The summed E-state index contributed by atoms with van der Waals surface area (Å²) in [5.41, 5.74) is 2.09. The lowest BCUT2D eigenvalue weighted by molar-refractivity contribution is 0.301. The number of nitrogens with one attached hydrogen (secondary N) is 1. The fourth-order valence-electron chi connectivity index (χ4n) is 1.72. The molecule has 0 radical (unpaired) electrons. The van der Waals surface area contributed by atoms with Crippen molar-refractivity contribution in [1.82, 2.24) is 15.1 Å². The number of unbranched alkanes of at least 4 members (excludes halogenated alkanes) is 2. The molecule has 0 unspecified atom stereocenters. The molecular weight excluding hydrogens is 202 g/mol. The zero-order valence-corrected chi connectivity index (χ0v) is 10.8. The van der Waals surface area contributed by atoms with Gasteiger partial charge in [-0.2, -0.15) is 5.10 Å². The van der Waals surface area contributed by atoms with Crippen LogP contribution in [-0.2, 0) is 7.05 Å². The minimum Gasteiger partial charge on any atom is -0.490 e. The number of ether oxygens (including phenoxy) is 1. The van der Waals surface area contributed by atoms with Gasteiger partial charge >= 0.3 is 0 Å². The van der Waals surface area contributed by atoms with Crippen molar-refractivity contribution in [2.75, 3.05) is 20.2 Å². The highest BCUT2D eigenvalue weighted by atomic mass is 16.5. The second-order valence-electron chi connectivity index (χ2n) is 4.14. The van der Waals surface area contributed by atoms with Crippen molar-refractivity contribution < 1.29 is 4.74 Å². The van der Waals surface area contributed by atoms with E-state index in [4.69, 9.17) is 4.74 Å². The van der Waals surface area contributed by atoms with Crippen LogP contribution in [0.25, 0.3) is 0 Å². The Bertz CT molecular complexity index is 320. The Labute approximate surface area is 98.0 Å². The maximum Gasteiger partial charge on any atom is 0.162 e. The van der Waals surface area contributed by atoms with Crippen LogP contribution in [0.4, 0.5) is 0 Å². The maximum atomic E-state index is 5.76. The van der Waals surface area contributed by atoms with Gasteiger partial charge in [0.2, 0.25) is 0 Å². The van der Waals surface area contributed by atoms with Gasteiger partial charge in [0.15, 0.2) is 5.75 Å². The number of hydrogen-bond donors (Lipinski definition) is 1. The topological polar surface area (TPSA) is 39.1 Å². The zero-order chi connectivity index (χ0) is 12.0. The van der Waals surface area contributed by atoms with Gasteiger partial charge in [-0.1, -0.05) is 0 Å². The molecule has 4 heteroatoms. The standard InChI is InChI=1S/C12H23N3O/c1-10-12(11(2)15(4)14-10)16-9-7-5-6-8-13-3/h13H,5-9H2,1-4H3. The third-order valence-corrected chi connectivity index (χ3v) is 2.76. The van der Waals surface area contributed by atoms with Crippen molar-refractivity contribution in [3.05, 3.63) is 11.4 Å². The first-order chi connectivity index (χ1) is 7.66. The monoisotopic (exact) mass is 225 g/mol. The highest BCUT2D eigenvalue weighted by molar-refractivity contribution is 5.31. The van der Waals surface area contributed by atoms with Gasteiger partial charge in [-0.15, -0.1) is 0 Å². The molecule has 92 valence electrons. The molecule has 0 amide bonds. The third kappa shape index (κ3) is 3.52. The molecule has 0 fully saturated rings. The summed E-state index contributed by atoms with van der Waals surface area (Å²) in [6.07, 6.45) is 3.53. The molecule has 0 aliphatic heterocycles. The molecule has 16 heavy (non-hydrogen) atoms. The molecule has 1 aromatic rings. The van der Waals surface area contributed by atoms with E-state index in [0.29, 0.717) is 0 Å². The van der Waals surface area contributed by atoms with Crippen molar-refractivity contribution in [2.24, 2.45) is 7.05 Å². The molecule has 0 spiro atoms. The lowest BCUT2D eigenvalue weighted by Crippen LogP contribution is -2.08. The minimum atomic E-state index is 0.789. The summed E-state index contributed by atoms with van der Waals surface area (Å²) >= 11 is 0. The van der Waals surface area contributed by atoms with E-state index in [1.54, 1.807) is 0 Å². The fraction of sp³-hybridized carbons (Fsp3) is 0.750. The van der Waals surface area contributed by atoms with Gasteiger partial charge in [-0.25, -0.2) is 0 Å². The maximum absolute atomic E-state index is 5.76. The number of rotatable bonds is 7. The van der Waals surface area contributed by atoms with Gasteiger partial charge in [-0.3, -0.25) is 4.68 Å². The predicted octanol–water partition coefficient (Wildman–Crippen LogP) is 1.81. The largest absolute Gasteiger partial charge is 0.490 e. The van der Waals surface area contributed by atoms with E-state index >= 15 is 0 Å². The lowest BCUT2D eigenvalue weighted by Gasteiger charge is -2.06. The summed E-state index contributed by atoms with van der Waals surface area (Å²) in [6, 6.07) is 0. The Hall–Kier alpha value is -1.03. The first-order valence-electron chi connectivity index (χ1n) is 5.94. The predicted molar refractivity (Wildman–Crippen MR) is 66.0 cm³/mol. The van der Waals surface area contributed by atoms with Crippen molar-refractivity contribution in [3.8, 4) is 5.75 Å². The Balaban J connectivity index is 2.26. The van der Waals surface area contributed by atoms with Crippen molar-refractivity contribution in [3.63, 3.8) is 0 Å². The summed E-state index contributed by atoms with van der Waals surface area (Å²) in [5.74, 6) is 0.955. The summed E-state index contributed by atoms with van der Waals surface area (Å²) < 4.78 is 7.63. The van der Waals surface area contributed by atoms with E-state index in [2.05, 4.69) is 10.4 Å². The van der Waals surface area contributed by atoms with Crippen LogP contribution in [-0.4, -0.2) is 30.0 Å². The summed E-state index contributed by atoms with van der Waals surface area (Å²) in [4.78, 5) is 0. The highest BCUT2D eigenvalue weighted by Gasteiger charge is 2.09. The second kappa shape index (κ2) is 6.53. The van der Waals surface area contributed by atoms with Crippen LogP contribution in [0.5, 0.6) is 5.75 Å². The van der Waals surface area contributed by atoms with Crippen LogP contribution in [0.1, 0.15) is 30.7 Å². The molecule has 0 saturated carbocycles. The minimum absolute atomic E-state index is 0.789. The van der Waals surface area contributed by atoms with E-state index in [1.165, 1.54) is 12.8 Å². The molecule has 0 aliphatic rings. The van der Waals surface area contributed by atoms with Crippen LogP contribution < -0.4 is 10.1 Å². The Morgan fingerprint density at radius 2 is 2.00 bits per heavy atom. The Kier molecular flexibility index (Phi) is 5.32. The highest BCUT2D eigenvalue weighted by Crippen LogP contribution is 2.21. The molecule has 0 aromatic carbocycles. The van der Waals surface area contributed by atoms with Gasteiger partial charge in [0, 0.05) is 7.05 Å². The number of hydrogen-bond acceptors (Lipinski definition) is 3. The van der Waals surface area contributed by atoms with Gasteiger partial charge < -0.3 is 10.1 Å². The second-order valence-corrected chi connectivity index (χ2v) is 4.14. The van der Waals surface area contributed by atoms with Crippen LogP contribution >= 0.6 is 0 Å². The zero-order valence-electron chi connectivity index (χ0n) is 10.8. The average molecular weight is 225 g/mol. The van der Waals surface area contributed by atoms with Gasteiger partial charge in [0.05, 0.1) is 12.3 Å². The van der Waals surface area contributed by atoms with Crippen LogP contribution in [0.15, 0.2) is 0 Å². The smallest absolute Gasteiger partial charge is 0.162 e. The third-order valence-electron chi connectivity index (χ3n) is 2.76. The molecule has 4 nitrogen and oxygen atoms in total. The molecule has 1 rings (SSSR count). The first kappa shape index (κ1) is 13.0. The number of nitrogens with zero attached hydrogens (tertiary/aromatic N) is 2. The molecule has 0 bridgehead atoms. The summed E-state index contributed by atoms with van der Waals surface area (Å²) in [5, 5.41) is 7.46. The van der Waals surface area contributed by atoms with E-state index in [9.17, 15) is 0 Å². The summed E-state index contributed by atoms with van der Waals surface area (Å²) in [6.45, 7) is 5.90. The summed E-state index contributed by atoms with van der Waals surface area (Å²) in [7, 11) is 3.93. The van der Waals surface area contributed by atoms with Crippen molar-refractivity contribution in [1.29, 1.82) is 0 Å². The first-order valence-corrected chi connectivity index (χ1v) is 5.94. The van der Waals surface area contributed by atoms with Crippen molar-refractivity contribution in [2.45, 2.75) is 33.1 Å². The molecule has 1 N–H and O–H groups in total. The quantitative estimate of drug-likeness (QED) is 0.719. The van der Waals surface area contributed by atoms with E-state index in [0.717, 1.165) is 36.7 Å². The molecule has 0 atom stereocenters. The van der Waals surface area contributed by atoms with E-state index in [1.807, 2.05) is 32.6 Å². The average Bonchev–Trinajstić information content (AvgIpc) is 2.49. The lowest BCUT2D eigenvalue weighted by atomic mass is 10.2. The van der Waals surface area contributed by atoms with Crippen molar-refractivity contribution >= 4 is 0 Å². The van der Waals surface area contributed by atoms with E-state index in [-0.39, 0.29) is 0 Å². The van der Waals surface area contributed by atoms with Gasteiger partial charge in [-0.05, 0) is 46.7 Å². The number of aromatic nitrogens is 2. The number of aryl methyl sites for hydroxylation is 2.